The molecule has 1 aromatic carbocycles. The van der Waals surface area contributed by atoms with E-state index >= 15 is 0 Å². The van der Waals surface area contributed by atoms with Gasteiger partial charge in [-0.1, -0.05) is 5.92 Å². The standard InChI is InChI=1S/C24H28N6O5S3/c1-3-16-4-5-19-17(11-16)12-22(27-19)38(34,35)29-7-8-30(18(14-29)6-9-37(25,32)33)24(31)23-28-20-10-15(2)26-13-21(20)36-23/h1,4-5,11-12,15,18,26-27H,6-10,13-14H2,2H3,(H2,25,32,33). The third kappa shape index (κ3) is 5.35. The number of aromatic nitrogens is 2. The average molecular weight is 577 g/mol. The lowest BCUT2D eigenvalue weighted by molar-refractivity contribution is 0.0559. The van der Waals surface area contributed by atoms with Crippen molar-refractivity contribution >= 4 is 48.2 Å². The molecule has 3 aromatic rings. The van der Waals surface area contributed by atoms with Gasteiger partial charge in [-0.2, -0.15) is 4.31 Å². The quantitative estimate of drug-likeness (QED) is 0.367. The van der Waals surface area contributed by atoms with E-state index in [-0.39, 0.29) is 48.8 Å². The van der Waals surface area contributed by atoms with Crippen molar-refractivity contribution in [1.82, 2.24) is 24.5 Å². The Morgan fingerprint density at radius 3 is 2.79 bits per heavy atom. The monoisotopic (exact) mass is 576 g/mol. The number of piperazine rings is 1. The number of amides is 1. The first-order valence-corrected chi connectivity index (χ1v) is 16.0. The van der Waals surface area contributed by atoms with E-state index in [1.54, 1.807) is 18.2 Å². The van der Waals surface area contributed by atoms with Crippen molar-refractivity contribution in [2.45, 2.75) is 43.4 Å². The van der Waals surface area contributed by atoms with Crippen LogP contribution < -0.4 is 10.5 Å². The SMILES string of the molecule is C#Cc1ccc2[nH]c(S(=O)(=O)N3CCN(C(=O)c4nc5c(s4)CNC(C)C5)C(CCS(N)(=O)=O)C3)cc2c1. The lowest BCUT2D eigenvalue weighted by Gasteiger charge is -2.40. The zero-order chi connectivity index (χ0) is 27.2. The summed E-state index contributed by atoms with van der Waals surface area (Å²) in [5.41, 5.74) is 2.14. The Kier molecular flexibility index (Phi) is 7.10. The molecule has 4 N–H and O–H groups in total. The predicted molar refractivity (Wildman–Crippen MR) is 145 cm³/mol. The highest BCUT2D eigenvalue weighted by molar-refractivity contribution is 7.89. The predicted octanol–water partition coefficient (Wildman–Crippen LogP) is 0.834. The highest BCUT2D eigenvalue weighted by atomic mass is 32.2. The Balaban J connectivity index is 1.41. The number of aromatic amines is 1. The molecule has 5 rings (SSSR count). The molecule has 0 bridgehead atoms. The van der Waals surface area contributed by atoms with Crippen molar-refractivity contribution in [2.24, 2.45) is 5.14 Å². The minimum absolute atomic E-state index is 0.000799. The van der Waals surface area contributed by atoms with Crippen molar-refractivity contribution in [1.29, 1.82) is 0 Å². The number of sulfonamides is 2. The number of primary sulfonamides is 1. The molecule has 1 saturated heterocycles. The number of nitrogens with one attached hydrogen (secondary N) is 2. The second-order valence-corrected chi connectivity index (χ2v) is 14.3. The van der Waals surface area contributed by atoms with Crippen LogP contribution in [0.4, 0.5) is 0 Å². The molecule has 0 saturated carbocycles. The molecule has 2 atom stereocenters. The van der Waals surface area contributed by atoms with Crippen LogP contribution in [-0.2, 0) is 33.0 Å². The second kappa shape index (κ2) is 10.1. The number of benzene rings is 1. The van der Waals surface area contributed by atoms with Gasteiger partial charge in [0.25, 0.3) is 15.9 Å². The normalized spacial score (nSPS) is 20.8. The number of terminal acetylenes is 1. The Labute approximate surface area is 225 Å². The molecule has 4 heterocycles. The van der Waals surface area contributed by atoms with Crippen LogP contribution in [0.5, 0.6) is 0 Å². The smallest absolute Gasteiger partial charge is 0.283 e. The van der Waals surface area contributed by atoms with Crippen LogP contribution in [0.25, 0.3) is 10.9 Å². The van der Waals surface area contributed by atoms with Gasteiger partial charge >= 0.3 is 0 Å². The average Bonchev–Trinajstić information content (AvgIpc) is 3.50. The first-order valence-electron chi connectivity index (χ1n) is 12.1. The number of H-pyrrole nitrogens is 1. The van der Waals surface area contributed by atoms with E-state index < -0.39 is 26.1 Å². The van der Waals surface area contributed by atoms with Crippen LogP contribution in [0.1, 0.15) is 39.3 Å². The van der Waals surface area contributed by atoms with E-state index in [1.807, 2.05) is 6.92 Å². The molecule has 1 amide bonds. The van der Waals surface area contributed by atoms with Gasteiger partial charge in [0.05, 0.1) is 11.4 Å². The zero-order valence-electron chi connectivity index (χ0n) is 20.7. The summed E-state index contributed by atoms with van der Waals surface area (Å²) < 4.78 is 51.9. The Bertz CT molecular complexity index is 1650. The van der Waals surface area contributed by atoms with Crippen LogP contribution in [0.3, 0.4) is 0 Å². The molecular weight excluding hydrogens is 549 g/mol. The molecule has 2 aromatic heterocycles. The lowest BCUT2D eigenvalue weighted by atomic mass is 10.1. The van der Waals surface area contributed by atoms with Gasteiger partial charge in [0.2, 0.25) is 10.0 Å². The first-order chi connectivity index (χ1) is 17.9. The van der Waals surface area contributed by atoms with E-state index in [0.717, 1.165) is 10.6 Å². The number of hydrogen-bond donors (Lipinski definition) is 3. The number of nitrogens with zero attached hydrogens (tertiary/aromatic N) is 3. The van der Waals surface area contributed by atoms with Crippen molar-refractivity contribution in [3.8, 4) is 12.3 Å². The highest BCUT2D eigenvalue weighted by Crippen LogP contribution is 2.28. The van der Waals surface area contributed by atoms with Gasteiger partial charge < -0.3 is 15.2 Å². The molecule has 0 radical (unpaired) electrons. The van der Waals surface area contributed by atoms with Gasteiger partial charge in [-0.05, 0) is 37.6 Å². The fourth-order valence-corrected chi connectivity index (χ4v) is 7.94. The molecule has 1 fully saturated rings. The maximum absolute atomic E-state index is 13.6. The largest absolute Gasteiger partial charge is 0.345 e. The molecule has 11 nitrogen and oxygen atoms in total. The third-order valence-corrected chi connectivity index (χ3v) is 10.6. The van der Waals surface area contributed by atoms with E-state index in [9.17, 15) is 21.6 Å². The van der Waals surface area contributed by atoms with Gasteiger partial charge in [0.1, 0.15) is 5.03 Å². The van der Waals surface area contributed by atoms with Crippen LogP contribution in [0.2, 0.25) is 0 Å². The number of hydrogen-bond acceptors (Lipinski definition) is 8. The molecule has 0 aliphatic carbocycles. The fraction of sp³-hybridized carbons (Fsp3) is 0.417. The maximum atomic E-state index is 13.6. The summed E-state index contributed by atoms with van der Waals surface area (Å²) in [5.74, 6) is 1.82. The number of carbonyl (C=O) groups is 1. The van der Waals surface area contributed by atoms with Crippen LogP contribution in [0.15, 0.2) is 29.3 Å². The Morgan fingerprint density at radius 1 is 1.26 bits per heavy atom. The minimum atomic E-state index is -3.97. The summed E-state index contributed by atoms with van der Waals surface area (Å²) in [7, 11) is -7.79. The molecule has 2 unspecified atom stereocenters. The molecular formula is C24H28N6O5S3. The fourth-order valence-electron chi connectivity index (χ4n) is 4.86. The van der Waals surface area contributed by atoms with E-state index in [0.29, 0.717) is 34.4 Å². The minimum Gasteiger partial charge on any atom is -0.345 e. The van der Waals surface area contributed by atoms with Crippen molar-refractivity contribution in [3.63, 3.8) is 0 Å². The van der Waals surface area contributed by atoms with Crippen LogP contribution in [0, 0.1) is 12.3 Å². The van der Waals surface area contributed by atoms with E-state index in [4.69, 9.17) is 11.6 Å². The van der Waals surface area contributed by atoms with Gasteiger partial charge in [-0.25, -0.2) is 27.0 Å². The summed E-state index contributed by atoms with van der Waals surface area (Å²) >= 11 is 1.31. The molecule has 2 aliphatic rings. The van der Waals surface area contributed by atoms with Crippen LogP contribution in [-0.4, -0.2) is 79.4 Å². The molecule has 14 heteroatoms. The van der Waals surface area contributed by atoms with Crippen molar-refractivity contribution < 1.29 is 21.6 Å². The Hall–Kier alpha value is -2.80. The first kappa shape index (κ1) is 26.8. The zero-order valence-corrected chi connectivity index (χ0v) is 23.1. The molecule has 38 heavy (non-hydrogen) atoms. The summed E-state index contributed by atoms with van der Waals surface area (Å²) in [4.78, 5) is 23.6. The maximum Gasteiger partial charge on any atom is 0.283 e. The van der Waals surface area contributed by atoms with Gasteiger partial charge in [-0.3, -0.25) is 4.79 Å². The lowest BCUT2D eigenvalue weighted by Crippen LogP contribution is -2.57. The van der Waals surface area contributed by atoms with Gasteiger partial charge in [0.15, 0.2) is 5.01 Å². The summed E-state index contributed by atoms with van der Waals surface area (Å²) in [6, 6.07) is 6.25. The van der Waals surface area contributed by atoms with Crippen molar-refractivity contribution in [3.05, 3.63) is 45.4 Å². The van der Waals surface area contributed by atoms with Gasteiger partial charge in [-0.15, -0.1) is 17.8 Å². The summed E-state index contributed by atoms with van der Waals surface area (Å²) in [5, 5.41) is 9.58. The second-order valence-electron chi connectivity index (χ2n) is 9.63. The number of carbonyl (C=O) groups excluding carboxylic acids is 1. The van der Waals surface area contributed by atoms with Gasteiger partial charge in [0, 0.05) is 66.0 Å². The summed E-state index contributed by atoms with van der Waals surface area (Å²) in [6.07, 6.45) is 6.18. The number of rotatable bonds is 6. The summed E-state index contributed by atoms with van der Waals surface area (Å²) in [6.45, 7) is 2.75. The number of thiazole rings is 1. The van der Waals surface area contributed by atoms with Crippen molar-refractivity contribution in [2.75, 3.05) is 25.4 Å². The topological polar surface area (TPSA) is 159 Å². The number of nitrogens with two attached hydrogens (primary N) is 1. The third-order valence-electron chi connectivity index (χ3n) is 6.89. The highest BCUT2D eigenvalue weighted by Gasteiger charge is 2.38. The number of fused-ring (bicyclic) bond motifs is 2. The molecule has 0 spiro atoms. The Morgan fingerprint density at radius 2 is 2.05 bits per heavy atom. The van der Waals surface area contributed by atoms with E-state index in [2.05, 4.69) is 21.2 Å². The molecule has 2 aliphatic heterocycles. The van der Waals surface area contributed by atoms with E-state index in [1.165, 1.54) is 26.6 Å². The van der Waals surface area contributed by atoms with Crippen LogP contribution >= 0.6 is 11.3 Å². The molecule has 202 valence electrons.